The molecule has 2 aliphatic carbocycles. The molecule has 1 amide bonds. The van der Waals surface area contributed by atoms with Gasteiger partial charge in [0, 0.05) is 54.8 Å². The lowest BCUT2D eigenvalue weighted by atomic mass is 9.85. The number of nitrogens with zero attached hydrogens (tertiary/aromatic N) is 5. The Morgan fingerprint density at radius 1 is 0.857 bits per heavy atom. The number of carbonyl (C=O) groups is 2. The van der Waals surface area contributed by atoms with Gasteiger partial charge in [0.05, 0.1) is 22.4 Å². The number of ketones is 1. The van der Waals surface area contributed by atoms with E-state index in [9.17, 15) is 35.9 Å². The fourth-order valence-electron chi connectivity index (χ4n) is 7.61. The van der Waals surface area contributed by atoms with Crippen molar-refractivity contribution in [1.29, 1.82) is 0 Å². The Kier molecular flexibility index (Phi) is 9.01. The molecule has 0 radical (unpaired) electrons. The van der Waals surface area contributed by atoms with Gasteiger partial charge in [0.1, 0.15) is 41.6 Å². The SMILES string of the molecule is O=C(C[C@@H](Cc1cc(F)cc(F)c1)c1nc(C#Cc2cncnc2)ccc1-c1ccc2c(c1)C(=O)NC21CC1)Cn1nc(C(F)F)c2c1C(F)(F)CCC2(F)F. The van der Waals surface area contributed by atoms with Gasteiger partial charge in [0.25, 0.3) is 24.2 Å². The first kappa shape index (κ1) is 37.0. The highest BCUT2D eigenvalue weighted by molar-refractivity contribution is 6.01. The average Bonchev–Trinajstić information content (AvgIpc) is 3.72. The topological polar surface area (TPSA) is 103 Å². The van der Waals surface area contributed by atoms with Crippen LogP contribution in [0, 0.1) is 23.5 Å². The second-order valence-electron chi connectivity index (χ2n) is 14.2. The minimum Gasteiger partial charge on any atom is -0.342 e. The third-order valence-corrected chi connectivity index (χ3v) is 10.3. The van der Waals surface area contributed by atoms with Crippen LogP contribution in [0.15, 0.2) is 67.3 Å². The van der Waals surface area contributed by atoms with Crippen LogP contribution < -0.4 is 5.32 Å². The van der Waals surface area contributed by atoms with Gasteiger partial charge in [-0.25, -0.2) is 41.3 Å². The summed E-state index contributed by atoms with van der Waals surface area (Å²) in [6, 6.07) is 11.2. The number of rotatable bonds is 9. The second kappa shape index (κ2) is 13.6. The zero-order valence-corrected chi connectivity index (χ0v) is 29.0. The molecule has 2 aromatic carbocycles. The monoisotopic (exact) mass is 776 g/mol. The number of nitrogens with one attached hydrogen (secondary N) is 1. The molecule has 1 aliphatic heterocycles. The molecule has 3 aliphatic rings. The molecule has 286 valence electrons. The molecule has 0 saturated heterocycles. The number of alkyl halides is 6. The number of amides is 1. The van der Waals surface area contributed by atoms with Crippen LogP contribution in [0.4, 0.5) is 35.1 Å². The van der Waals surface area contributed by atoms with Crippen LogP contribution in [-0.4, -0.2) is 36.4 Å². The molecule has 1 spiro atoms. The molecule has 0 unspecified atom stereocenters. The summed E-state index contributed by atoms with van der Waals surface area (Å²) in [6.07, 6.45) is -1.47. The summed E-state index contributed by atoms with van der Waals surface area (Å²) in [6.45, 7) is -1.10. The van der Waals surface area contributed by atoms with Gasteiger partial charge in [-0.3, -0.25) is 14.3 Å². The Morgan fingerprint density at radius 2 is 1.57 bits per heavy atom. The van der Waals surface area contributed by atoms with Gasteiger partial charge in [0.2, 0.25) is 0 Å². The Morgan fingerprint density at radius 3 is 2.27 bits per heavy atom. The zero-order chi connectivity index (χ0) is 39.6. The minimum absolute atomic E-state index is 0.0811. The van der Waals surface area contributed by atoms with Gasteiger partial charge in [0.15, 0.2) is 5.78 Å². The number of aromatic nitrogens is 5. The van der Waals surface area contributed by atoms with E-state index in [0.717, 1.165) is 30.5 Å². The lowest BCUT2D eigenvalue weighted by molar-refractivity contribution is -0.121. The third-order valence-electron chi connectivity index (χ3n) is 10.3. The van der Waals surface area contributed by atoms with Gasteiger partial charge >= 0.3 is 0 Å². The molecule has 0 bridgehead atoms. The summed E-state index contributed by atoms with van der Waals surface area (Å²) in [5.74, 6) is -6.41. The summed E-state index contributed by atoms with van der Waals surface area (Å²) in [7, 11) is 0. The van der Waals surface area contributed by atoms with E-state index >= 15 is 8.78 Å². The molecule has 4 heterocycles. The number of Topliss-reactive ketones (excluding diaryl/α,β-unsaturated/α-hetero) is 1. The van der Waals surface area contributed by atoms with Gasteiger partial charge in [-0.1, -0.05) is 18.1 Å². The highest BCUT2D eigenvalue weighted by Crippen LogP contribution is 2.53. The first-order valence-corrected chi connectivity index (χ1v) is 17.5. The van der Waals surface area contributed by atoms with Crippen LogP contribution in [-0.2, 0) is 35.1 Å². The van der Waals surface area contributed by atoms with Gasteiger partial charge in [-0.05, 0) is 72.2 Å². The number of fused-ring (bicyclic) bond motifs is 3. The number of hydrogen-bond acceptors (Lipinski definition) is 6. The molecule has 16 heteroatoms. The zero-order valence-electron chi connectivity index (χ0n) is 29.0. The first-order valence-electron chi connectivity index (χ1n) is 17.5. The fraction of sp³-hybridized carbons (Fsp3) is 0.300. The standard InChI is InChI=1S/C40H28F8N6O2/c41-25-12-22(13-26(42)16-25)11-24(14-28(55)19-54-35-32(34(53-54)36(43)44)39(45,46)9-10-40(35,47)48)33-29(5-4-27(51-33)3-1-21-17-49-20-50-18-21)23-2-6-31-30(15-23)37(56)52-38(31)7-8-38/h2,4-6,12-13,15-18,20,24,36H,7-11,14,19H2,(H,52,56)/t24-/m1/s1. The smallest absolute Gasteiger partial charge is 0.290 e. The highest BCUT2D eigenvalue weighted by atomic mass is 19.3. The van der Waals surface area contributed by atoms with Crippen molar-refractivity contribution in [3.63, 3.8) is 0 Å². The Balaban J connectivity index is 1.23. The maximum atomic E-state index is 15.2. The van der Waals surface area contributed by atoms with Crippen LogP contribution >= 0.6 is 0 Å². The number of benzene rings is 2. The Hall–Kier alpha value is -5.98. The van der Waals surface area contributed by atoms with E-state index in [2.05, 4.69) is 32.2 Å². The van der Waals surface area contributed by atoms with Crippen LogP contribution in [0.2, 0.25) is 0 Å². The molecule has 56 heavy (non-hydrogen) atoms. The molecular formula is C40H28F8N6O2. The molecule has 1 saturated carbocycles. The van der Waals surface area contributed by atoms with Crippen molar-refractivity contribution in [2.75, 3.05) is 0 Å². The van der Waals surface area contributed by atoms with Crippen molar-refractivity contribution in [1.82, 2.24) is 30.0 Å². The normalized spacial score (nSPS) is 17.5. The van der Waals surface area contributed by atoms with E-state index in [0.29, 0.717) is 28.3 Å². The van der Waals surface area contributed by atoms with E-state index in [1.165, 1.54) is 18.7 Å². The molecule has 3 aromatic heterocycles. The van der Waals surface area contributed by atoms with Crippen molar-refractivity contribution in [3.05, 3.63) is 129 Å². The number of pyridine rings is 1. The summed E-state index contributed by atoms with van der Waals surface area (Å²) in [5, 5.41) is 6.41. The van der Waals surface area contributed by atoms with Crippen LogP contribution in [0.3, 0.4) is 0 Å². The number of carbonyl (C=O) groups excluding carboxylic acids is 2. The summed E-state index contributed by atoms with van der Waals surface area (Å²) >= 11 is 0. The second-order valence-corrected chi connectivity index (χ2v) is 14.2. The minimum atomic E-state index is -4.05. The van der Waals surface area contributed by atoms with E-state index in [1.54, 1.807) is 24.3 Å². The molecule has 1 N–H and O–H groups in total. The van der Waals surface area contributed by atoms with Crippen LogP contribution in [0.5, 0.6) is 0 Å². The lowest BCUT2D eigenvalue weighted by Crippen LogP contribution is -2.33. The van der Waals surface area contributed by atoms with Crippen molar-refractivity contribution < 1.29 is 44.7 Å². The Labute approximate surface area is 313 Å². The lowest BCUT2D eigenvalue weighted by Gasteiger charge is -2.29. The largest absolute Gasteiger partial charge is 0.342 e. The third kappa shape index (κ3) is 6.90. The Bertz CT molecular complexity index is 2450. The predicted octanol–water partition coefficient (Wildman–Crippen LogP) is 8.05. The van der Waals surface area contributed by atoms with Gasteiger partial charge < -0.3 is 5.32 Å². The van der Waals surface area contributed by atoms with Crippen LogP contribution in [0.1, 0.15) is 99.8 Å². The summed E-state index contributed by atoms with van der Waals surface area (Å²) in [4.78, 5) is 39.6. The quantitative estimate of drug-likeness (QED) is 0.120. The summed E-state index contributed by atoms with van der Waals surface area (Å²) in [5.41, 5.74) is -2.06. The highest BCUT2D eigenvalue weighted by Gasteiger charge is 2.55. The molecule has 8 rings (SSSR count). The van der Waals surface area contributed by atoms with Crippen molar-refractivity contribution >= 4 is 11.7 Å². The van der Waals surface area contributed by atoms with Crippen LogP contribution in [0.25, 0.3) is 11.1 Å². The molecule has 5 aromatic rings. The van der Waals surface area contributed by atoms with Crippen molar-refractivity contribution in [2.24, 2.45) is 0 Å². The van der Waals surface area contributed by atoms with E-state index in [4.69, 9.17) is 4.98 Å². The molecule has 1 atom stereocenters. The summed E-state index contributed by atoms with van der Waals surface area (Å²) < 4.78 is 117. The van der Waals surface area contributed by atoms with Crippen molar-refractivity contribution in [2.45, 2.75) is 74.8 Å². The first-order chi connectivity index (χ1) is 26.6. The van der Waals surface area contributed by atoms with Gasteiger partial charge in [-0.15, -0.1) is 0 Å². The molecule has 8 nitrogen and oxygen atoms in total. The molecular weight excluding hydrogens is 748 g/mol. The van der Waals surface area contributed by atoms with Gasteiger partial charge in [-0.2, -0.15) is 13.9 Å². The van der Waals surface area contributed by atoms with E-state index in [1.807, 2.05) is 6.07 Å². The maximum Gasteiger partial charge on any atom is 0.290 e. The number of halogens is 8. The van der Waals surface area contributed by atoms with Crippen molar-refractivity contribution in [3.8, 4) is 23.0 Å². The van der Waals surface area contributed by atoms with E-state index < -0.39 is 89.9 Å². The van der Waals surface area contributed by atoms with E-state index in [-0.39, 0.29) is 34.0 Å². The average molecular weight is 777 g/mol. The fourth-order valence-corrected chi connectivity index (χ4v) is 7.61. The maximum absolute atomic E-state index is 15.2. The molecule has 1 fully saturated rings. The predicted molar refractivity (Wildman–Crippen MR) is 183 cm³/mol. The number of hydrogen-bond donors (Lipinski definition) is 1.